The highest BCUT2D eigenvalue weighted by atomic mass is 79.9. The number of carbonyl (C=O) groups excluding carboxylic acids is 1. The first-order valence-corrected chi connectivity index (χ1v) is 6.88. The Balaban J connectivity index is 2.26. The lowest BCUT2D eigenvalue weighted by molar-refractivity contribution is 0.102. The van der Waals surface area contributed by atoms with Crippen LogP contribution in [0.5, 0.6) is 0 Å². The Hall–Kier alpha value is -1.40. The summed E-state index contributed by atoms with van der Waals surface area (Å²) in [5, 5.41) is 2.61. The lowest BCUT2D eigenvalue weighted by Crippen LogP contribution is -2.14. The van der Waals surface area contributed by atoms with Gasteiger partial charge in [0.15, 0.2) is 0 Å². The highest BCUT2D eigenvalue weighted by molar-refractivity contribution is 9.10. The molecular weight excluding hydrogens is 379 g/mol. The van der Waals surface area contributed by atoms with Gasteiger partial charge >= 0.3 is 0 Å². The average Bonchev–Trinajstić information content (AvgIpc) is 2.37. The van der Waals surface area contributed by atoms with E-state index in [1.54, 1.807) is 24.3 Å². The zero-order valence-electron chi connectivity index (χ0n) is 9.58. The summed E-state index contributed by atoms with van der Waals surface area (Å²) in [7, 11) is 0. The minimum absolute atomic E-state index is 0.0256. The number of hydrogen-bond acceptors (Lipinski definition) is 2. The molecule has 1 amide bonds. The standard InChI is InChI=1S/C13H9Br2FN2O/c14-9-3-1-2-8(12(9)16)13(19)18-7-4-5-11(17)10(15)6-7/h1-6H,17H2,(H,18,19). The summed E-state index contributed by atoms with van der Waals surface area (Å²) in [6, 6.07) is 9.50. The van der Waals surface area contributed by atoms with Crippen molar-refractivity contribution in [2.45, 2.75) is 0 Å². The van der Waals surface area contributed by atoms with Crippen molar-refractivity contribution in [2.24, 2.45) is 0 Å². The maximum atomic E-state index is 13.8. The zero-order chi connectivity index (χ0) is 14.0. The van der Waals surface area contributed by atoms with Crippen LogP contribution in [-0.4, -0.2) is 5.91 Å². The normalized spacial score (nSPS) is 10.3. The number of nitrogen functional groups attached to an aromatic ring is 1. The van der Waals surface area contributed by atoms with E-state index in [1.807, 2.05) is 0 Å². The van der Waals surface area contributed by atoms with Gasteiger partial charge in [-0.25, -0.2) is 4.39 Å². The number of nitrogens with two attached hydrogens (primary N) is 1. The van der Waals surface area contributed by atoms with Crippen LogP contribution in [0.4, 0.5) is 15.8 Å². The van der Waals surface area contributed by atoms with E-state index in [2.05, 4.69) is 37.2 Å². The molecule has 0 fully saturated rings. The van der Waals surface area contributed by atoms with Crippen molar-refractivity contribution in [1.29, 1.82) is 0 Å². The monoisotopic (exact) mass is 386 g/mol. The molecule has 0 aliphatic heterocycles. The van der Waals surface area contributed by atoms with Gasteiger partial charge in [0, 0.05) is 15.8 Å². The number of carbonyl (C=O) groups is 1. The van der Waals surface area contributed by atoms with Gasteiger partial charge in [0.25, 0.3) is 5.91 Å². The number of benzene rings is 2. The Bertz CT molecular complexity index is 647. The van der Waals surface area contributed by atoms with E-state index in [0.29, 0.717) is 15.8 Å². The Labute approximate surface area is 126 Å². The van der Waals surface area contributed by atoms with Gasteiger partial charge in [-0.15, -0.1) is 0 Å². The quantitative estimate of drug-likeness (QED) is 0.759. The summed E-state index contributed by atoms with van der Waals surface area (Å²) in [5.74, 6) is -1.11. The van der Waals surface area contributed by atoms with Crippen molar-refractivity contribution in [1.82, 2.24) is 0 Å². The summed E-state index contributed by atoms with van der Waals surface area (Å²) in [6.07, 6.45) is 0. The Kier molecular flexibility index (Phi) is 4.21. The molecule has 19 heavy (non-hydrogen) atoms. The second-order valence-electron chi connectivity index (χ2n) is 3.79. The van der Waals surface area contributed by atoms with Gasteiger partial charge < -0.3 is 11.1 Å². The molecule has 0 saturated carbocycles. The maximum Gasteiger partial charge on any atom is 0.258 e. The van der Waals surface area contributed by atoms with Crippen molar-refractivity contribution in [3.05, 3.63) is 56.7 Å². The molecule has 2 rings (SSSR count). The van der Waals surface area contributed by atoms with Crippen LogP contribution in [0.1, 0.15) is 10.4 Å². The van der Waals surface area contributed by atoms with Gasteiger partial charge in [-0.1, -0.05) is 6.07 Å². The molecule has 3 N–H and O–H groups in total. The number of amides is 1. The minimum atomic E-state index is -0.588. The topological polar surface area (TPSA) is 55.1 Å². The smallest absolute Gasteiger partial charge is 0.258 e. The van der Waals surface area contributed by atoms with Crippen LogP contribution in [0.25, 0.3) is 0 Å². The third-order valence-corrected chi connectivity index (χ3v) is 3.75. The molecule has 0 spiro atoms. The first kappa shape index (κ1) is 14.0. The van der Waals surface area contributed by atoms with Crippen molar-refractivity contribution in [3.8, 4) is 0 Å². The Morgan fingerprint density at radius 1 is 1.16 bits per heavy atom. The molecule has 0 radical (unpaired) electrons. The average molecular weight is 388 g/mol. The van der Waals surface area contributed by atoms with E-state index >= 15 is 0 Å². The first-order chi connectivity index (χ1) is 8.99. The summed E-state index contributed by atoms with van der Waals surface area (Å²) in [6.45, 7) is 0. The van der Waals surface area contributed by atoms with E-state index in [9.17, 15) is 9.18 Å². The van der Waals surface area contributed by atoms with Gasteiger partial charge in [-0.3, -0.25) is 4.79 Å². The van der Waals surface area contributed by atoms with Gasteiger partial charge in [0.1, 0.15) is 5.82 Å². The number of nitrogens with one attached hydrogen (secondary N) is 1. The highest BCUT2D eigenvalue weighted by Crippen LogP contribution is 2.24. The van der Waals surface area contributed by atoms with Crippen molar-refractivity contribution in [2.75, 3.05) is 11.1 Å². The molecule has 6 heteroatoms. The van der Waals surface area contributed by atoms with E-state index in [0.717, 1.165) is 0 Å². The molecule has 0 unspecified atom stereocenters. The summed E-state index contributed by atoms with van der Waals surface area (Å²) in [5.41, 5.74) is 6.72. The van der Waals surface area contributed by atoms with E-state index in [1.165, 1.54) is 12.1 Å². The van der Waals surface area contributed by atoms with Crippen LogP contribution in [-0.2, 0) is 0 Å². The number of halogens is 3. The third-order valence-electron chi connectivity index (χ3n) is 2.45. The number of anilines is 2. The second kappa shape index (κ2) is 5.71. The van der Waals surface area contributed by atoms with Crippen LogP contribution >= 0.6 is 31.9 Å². The molecule has 0 heterocycles. The molecule has 2 aromatic carbocycles. The van der Waals surface area contributed by atoms with Crippen LogP contribution in [0.2, 0.25) is 0 Å². The van der Waals surface area contributed by atoms with E-state index in [4.69, 9.17) is 5.73 Å². The van der Waals surface area contributed by atoms with Gasteiger partial charge in [0.2, 0.25) is 0 Å². The fourth-order valence-corrected chi connectivity index (χ4v) is 2.23. The SMILES string of the molecule is Nc1ccc(NC(=O)c2cccc(Br)c2F)cc1Br. The molecule has 0 saturated heterocycles. The second-order valence-corrected chi connectivity index (χ2v) is 5.50. The Morgan fingerprint density at radius 3 is 2.58 bits per heavy atom. The highest BCUT2D eigenvalue weighted by Gasteiger charge is 2.14. The largest absolute Gasteiger partial charge is 0.398 e. The number of hydrogen-bond donors (Lipinski definition) is 2. The molecule has 0 bridgehead atoms. The maximum absolute atomic E-state index is 13.8. The molecule has 0 aromatic heterocycles. The molecule has 3 nitrogen and oxygen atoms in total. The molecule has 0 atom stereocenters. The predicted molar refractivity (Wildman–Crippen MR) is 80.6 cm³/mol. The molecule has 0 aliphatic carbocycles. The summed E-state index contributed by atoms with van der Waals surface area (Å²) in [4.78, 5) is 12.0. The van der Waals surface area contributed by atoms with Crippen LogP contribution < -0.4 is 11.1 Å². The van der Waals surface area contributed by atoms with Gasteiger partial charge in [0.05, 0.1) is 10.0 Å². The van der Waals surface area contributed by atoms with Gasteiger partial charge in [-0.05, 0) is 62.2 Å². The molecule has 2 aromatic rings. The fraction of sp³-hybridized carbons (Fsp3) is 0. The Morgan fingerprint density at radius 2 is 1.89 bits per heavy atom. The number of rotatable bonds is 2. The van der Waals surface area contributed by atoms with E-state index < -0.39 is 11.7 Å². The lowest BCUT2D eigenvalue weighted by atomic mass is 10.2. The molecule has 98 valence electrons. The first-order valence-electron chi connectivity index (χ1n) is 5.29. The summed E-state index contributed by atoms with van der Waals surface area (Å²) < 4.78 is 14.7. The lowest BCUT2D eigenvalue weighted by Gasteiger charge is -2.08. The van der Waals surface area contributed by atoms with E-state index in [-0.39, 0.29) is 10.0 Å². The van der Waals surface area contributed by atoms with Gasteiger partial charge in [-0.2, -0.15) is 0 Å². The minimum Gasteiger partial charge on any atom is -0.398 e. The summed E-state index contributed by atoms with van der Waals surface area (Å²) >= 11 is 6.30. The fourth-order valence-electron chi connectivity index (χ4n) is 1.48. The van der Waals surface area contributed by atoms with Crippen LogP contribution in [0.15, 0.2) is 45.3 Å². The molecular formula is C13H9Br2FN2O. The van der Waals surface area contributed by atoms with Crippen molar-refractivity contribution < 1.29 is 9.18 Å². The third kappa shape index (κ3) is 3.13. The predicted octanol–water partition coefficient (Wildman–Crippen LogP) is 4.19. The van der Waals surface area contributed by atoms with Crippen LogP contribution in [0.3, 0.4) is 0 Å². The molecule has 0 aliphatic rings. The van der Waals surface area contributed by atoms with Crippen molar-refractivity contribution >= 4 is 49.1 Å². The van der Waals surface area contributed by atoms with Crippen molar-refractivity contribution in [3.63, 3.8) is 0 Å². The zero-order valence-corrected chi connectivity index (χ0v) is 12.8. The van der Waals surface area contributed by atoms with Crippen LogP contribution in [0, 0.1) is 5.82 Å².